The number of carbonyl (C=O) groups is 4. The SMILES string of the molecule is CC(=O)CCCCC[C@H](NC(=O)[C@@H]1CSC(=O)N1)C(=O)NCCc1c(-c2ccccc2)[nH]c2ccccc12. The van der Waals surface area contributed by atoms with Gasteiger partial charge in [0.05, 0.1) is 0 Å². The van der Waals surface area contributed by atoms with Gasteiger partial charge in [0.15, 0.2) is 0 Å². The van der Waals surface area contributed by atoms with Crippen LogP contribution in [-0.4, -0.2) is 52.2 Å². The second-order valence-corrected chi connectivity index (χ2v) is 10.6. The third kappa shape index (κ3) is 7.25. The van der Waals surface area contributed by atoms with Crippen molar-refractivity contribution in [1.82, 2.24) is 20.9 Å². The fraction of sp³-hybridized carbons (Fsp3) is 0.379. The molecule has 4 N–H and O–H groups in total. The highest BCUT2D eigenvalue weighted by Crippen LogP contribution is 2.30. The summed E-state index contributed by atoms with van der Waals surface area (Å²) in [5, 5.41) is 9.36. The summed E-state index contributed by atoms with van der Waals surface area (Å²) in [6.07, 6.45) is 3.86. The molecule has 1 saturated heterocycles. The van der Waals surface area contributed by atoms with Gasteiger partial charge in [-0.05, 0) is 43.4 Å². The van der Waals surface area contributed by atoms with Crippen molar-refractivity contribution in [2.75, 3.05) is 12.3 Å². The Bertz CT molecular complexity index is 1290. The number of amides is 3. The Balaban J connectivity index is 1.41. The second-order valence-electron chi connectivity index (χ2n) is 9.59. The van der Waals surface area contributed by atoms with Crippen LogP contribution in [0.15, 0.2) is 54.6 Å². The molecule has 1 aromatic heterocycles. The number of rotatable bonds is 13. The molecule has 9 heteroatoms. The third-order valence-electron chi connectivity index (χ3n) is 6.69. The highest BCUT2D eigenvalue weighted by Gasteiger charge is 2.31. The van der Waals surface area contributed by atoms with E-state index in [-0.39, 0.29) is 22.8 Å². The minimum Gasteiger partial charge on any atom is -0.354 e. The maximum absolute atomic E-state index is 13.2. The predicted molar refractivity (Wildman–Crippen MR) is 151 cm³/mol. The number of fused-ring (bicyclic) bond motifs is 1. The standard InChI is InChI=1S/C29H34N4O4S/c1-19(34)10-4-2-7-15-24(32-28(36)25-18-38-29(37)33-25)27(35)30-17-16-22-21-13-8-9-14-23(21)31-26(22)20-11-5-3-6-12-20/h3,5-6,8-9,11-14,24-25,31H,2,4,7,10,15-18H2,1H3,(H,30,35)(H,32,36)(H,33,37)/t24-,25-/m0/s1. The summed E-state index contributed by atoms with van der Waals surface area (Å²) in [6.45, 7) is 1.98. The molecule has 0 saturated carbocycles. The lowest BCUT2D eigenvalue weighted by atomic mass is 10.0. The van der Waals surface area contributed by atoms with Gasteiger partial charge < -0.3 is 25.7 Å². The molecule has 200 valence electrons. The third-order valence-corrected chi connectivity index (χ3v) is 7.57. The first-order valence-electron chi connectivity index (χ1n) is 13.1. The number of nitrogens with one attached hydrogen (secondary N) is 4. The Kier molecular flexibility index (Phi) is 9.59. The number of thioether (sulfide) groups is 1. The molecule has 0 spiro atoms. The van der Waals surface area contributed by atoms with E-state index in [0.29, 0.717) is 38.0 Å². The van der Waals surface area contributed by atoms with E-state index >= 15 is 0 Å². The van der Waals surface area contributed by atoms with Gasteiger partial charge in [-0.3, -0.25) is 14.4 Å². The molecule has 0 aliphatic carbocycles. The maximum Gasteiger partial charge on any atom is 0.279 e. The van der Waals surface area contributed by atoms with Gasteiger partial charge in [-0.1, -0.05) is 73.1 Å². The monoisotopic (exact) mass is 534 g/mol. The summed E-state index contributed by atoms with van der Waals surface area (Å²) >= 11 is 1.06. The molecule has 3 amide bonds. The maximum atomic E-state index is 13.2. The van der Waals surface area contributed by atoms with E-state index in [4.69, 9.17) is 0 Å². The lowest BCUT2D eigenvalue weighted by Gasteiger charge is -2.20. The summed E-state index contributed by atoms with van der Waals surface area (Å²) < 4.78 is 0. The minimum absolute atomic E-state index is 0.147. The summed E-state index contributed by atoms with van der Waals surface area (Å²) in [5.74, 6) is -0.104. The molecule has 1 aliphatic heterocycles. The molecule has 2 aromatic carbocycles. The van der Waals surface area contributed by atoms with Crippen LogP contribution >= 0.6 is 11.8 Å². The molecule has 0 radical (unpaired) electrons. The van der Waals surface area contributed by atoms with E-state index in [2.05, 4.69) is 39.1 Å². The second kappa shape index (κ2) is 13.3. The number of hydrogen-bond donors (Lipinski definition) is 4. The van der Waals surface area contributed by atoms with Crippen LogP contribution in [0.2, 0.25) is 0 Å². The molecule has 3 aromatic rings. The van der Waals surface area contributed by atoms with Gasteiger partial charge in [0, 0.05) is 35.3 Å². The zero-order valence-electron chi connectivity index (χ0n) is 21.5. The van der Waals surface area contributed by atoms with E-state index in [9.17, 15) is 19.2 Å². The number of aromatic nitrogens is 1. The van der Waals surface area contributed by atoms with E-state index in [1.165, 1.54) is 0 Å². The number of ketones is 1. The van der Waals surface area contributed by atoms with Crippen molar-refractivity contribution in [2.45, 2.75) is 57.5 Å². The lowest BCUT2D eigenvalue weighted by molar-refractivity contribution is -0.129. The Labute approximate surface area is 226 Å². The van der Waals surface area contributed by atoms with Crippen LogP contribution in [-0.2, 0) is 20.8 Å². The summed E-state index contributed by atoms with van der Waals surface area (Å²) in [7, 11) is 0. The molecule has 0 unspecified atom stereocenters. The molecule has 0 bridgehead atoms. The Hall–Kier alpha value is -3.59. The molecule has 1 aliphatic rings. The minimum atomic E-state index is -0.709. The van der Waals surface area contributed by atoms with Gasteiger partial charge >= 0.3 is 0 Å². The summed E-state index contributed by atoms with van der Waals surface area (Å²) in [4.78, 5) is 52.2. The predicted octanol–water partition coefficient (Wildman–Crippen LogP) is 4.34. The first-order chi connectivity index (χ1) is 18.4. The molecule has 1 fully saturated rings. The topological polar surface area (TPSA) is 120 Å². The average molecular weight is 535 g/mol. The zero-order valence-corrected chi connectivity index (χ0v) is 22.4. The van der Waals surface area contributed by atoms with Crippen molar-refractivity contribution < 1.29 is 19.2 Å². The molecular weight excluding hydrogens is 500 g/mol. The van der Waals surface area contributed by atoms with E-state index in [0.717, 1.165) is 52.3 Å². The van der Waals surface area contributed by atoms with Crippen molar-refractivity contribution >= 4 is 45.5 Å². The van der Waals surface area contributed by atoms with Crippen LogP contribution in [0, 0.1) is 0 Å². The van der Waals surface area contributed by atoms with Gasteiger partial charge in [0.2, 0.25) is 11.8 Å². The molecule has 2 atom stereocenters. The van der Waals surface area contributed by atoms with Crippen LogP contribution in [0.1, 0.15) is 44.6 Å². The smallest absolute Gasteiger partial charge is 0.279 e. The first kappa shape index (κ1) is 27.4. The molecule has 4 rings (SSSR count). The fourth-order valence-electron chi connectivity index (χ4n) is 4.71. The molecular formula is C29H34N4O4S. The lowest BCUT2D eigenvalue weighted by Crippen LogP contribution is -2.52. The summed E-state index contributed by atoms with van der Waals surface area (Å²) in [5.41, 5.74) is 4.28. The van der Waals surface area contributed by atoms with Gasteiger partial charge in [-0.15, -0.1) is 0 Å². The Morgan fingerprint density at radius 2 is 1.79 bits per heavy atom. The van der Waals surface area contributed by atoms with E-state index in [1.807, 2.05) is 36.4 Å². The Morgan fingerprint density at radius 3 is 2.53 bits per heavy atom. The van der Waals surface area contributed by atoms with Gasteiger partial charge in [0.25, 0.3) is 5.24 Å². The number of H-pyrrole nitrogens is 1. The number of benzene rings is 2. The van der Waals surface area contributed by atoms with Gasteiger partial charge in [0.1, 0.15) is 17.9 Å². The first-order valence-corrected chi connectivity index (χ1v) is 14.1. The van der Waals surface area contributed by atoms with E-state index < -0.39 is 12.1 Å². The van der Waals surface area contributed by atoms with Crippen molar-refractivity contribution in [3.05, 3.63) is 60.2 Å². The number of Topliss-reactive ketones (excluding diaryl/α,β-unsaturated/α-hetero) is 1. The van der Waals surface area contributed by atoms with Crippen molar-refractivity contribution in [1.29, 1.82) is 0 Å². The van der Waals surface area contributed by atoms with Crippen molar-refractivity contribution in [3.8, 4) is 11.3 Å². The van der Waals surface area contributed by atoms with Crippen molar-refractivity contribution in [3.63, 3.8) is 0 Å². The number of hydrogen-bond acceptors (Lipinski definition) is 5. The number of carbonyl (C=O) groups excluding carboxylic acids is 4. The largest absolute Gasteiger partial charge is 0.354 e. The molecule has 2 heterocycles. The molecule has 38 heavy (non-hydrogen) atoms. The average Bonchev–Trinajstić information content (AvgIpc) is 3.52. The van der Waals surface area contributed by atoms with Crippen LogP contribution in [0.25, 0.3) is 22.2 Å². The van der Waals surface area contributed by atoms with Crippen LogP contribution in [0.5, 0.6) is 0 Å². The molecule has 8 nitrogen and oxygen atoms in total. The fourth-order valence-corrected chi connectivity index (χ4v) is 5.49. The summed E-state index contributed by atoms with van der Waals surface area (Å²) in [6, 6.07) is 16.9. The van der Waals surface area contributed by atoms with Gasteiger partial charge in [-0.2, -0.15) is 0 Å². The zero-order chi connectivity index (χ0) is 26.9. The Morgan fingerprint density at radius 1 is 1.03 bits per heavy atom. The highest BCUT2D eigenvalue weighted by molar-refractivity contribution is 8.14. The van der Waals surface area contributed by atoms with Crippen LogP contribution < -0.4 is 16.0 Å². The number of unbranched alkanes of at least 4 members (excludes halogenated alkanes) is 2. The van der Waals surface area contributed by atoms with Crippen LogP contribution in [0.4, 0.5) is 4.79 Å². The van der Waals surface area contributed by atoms with Gasteiger partial charge in [-0.25, -0.2) is 0 Å². The van der Waals surface area contributed by atoms with Crippen LogP contribution in [0.3, 0.4) is 0 Å². The van der Waals surface area contributed by atoms with Crippen molar-refractivity contribution in [2.24, 2.45) is 0 Å². The van der Waals surface area contributed by atoms with E-state index in [1.54, 1.807) is 6.92 Å². The highest BCUT2D eigenvalue weighted by atomic mass is 32.2. The quantitative estimate of drug-likeness (QED) is 0.243. The normalized spacial score (nSPS) is 15.7. The number of para-hydroxylation sites is 1. The number of aromatic amines is 1.